The van der Waals surface area contributed by atoms with Gasteiger partial charge in [0.2, 0.25) is 0 Å². The minimum atomic E-state index is 0.450. The van der Waals surface area contributed by atoms with Crippen molar-refractivity contribution in [3.05, 3.63) is 0 Å². The summed E-state index contributed by atoms with van der Waals surface area (Å²) >= 11 is 6.09. The van der Waals surface area contributed by atoms with Gasteiger partial charge < -0.3 is 5.32 Å². The molecule has 0 aliphatic heterocycles. The van der Waals surface area contributed by atoms with E-state index in [1.807, 2.05) is 0 Å². The molecule has 2 fully saturated rings. The van der Waals surface area contributed by atoms with Gasteiger partial charge in [-0.3, -0.25) is 0 Å². The summed E-state index contributed by atoms with van der Waals surface area (Å²) in [4.78, 5) is 0. The second-order valence-corrected chi connectivity index (χ2v) is 5.54. The summed E-state index contributed by atoms with van der Waals surface area (Å²) < 4.78 is 0. The molecule has 0 heterocycles. The van der Waals surface area contributed by atoms with E-state index in [0.717, 1.165) is 18.3 Å². The molecule has 14 heavy (non-hydrogen) atoms. The topological polar surface area (TPSA) is 12.0 Å². The molecule has 2 aliphatic carbocycles. The lowest BCUT2D eigenvalue weighted by atomic mass is 9.84. The Morgan fingerprint density at radius 2 is 1.86 bits per heavy atom. The third kappa shape index (κ3) is 2.43. The molecule has 0 aromatic heterocycles. The summed E-state index contributed by atoms with van der Waals surface area (Å²) in [7, 11) is 0. The van der Waals surface area contributed by atoms with E-state index in [1.165, 1.54) is 51.5 Å². The molecule has 0 amide bonds. The zero-order valence-electron chi connectivity index (χ0n) is 9.03. The third-order valence-electron chi connectivity index (χ3n) is 4.11. The SMILES string of the molecule is ClCC1(CNCC2CCC2)CCCC1. The molecule has 2 rings (SSSR count). The Labute approximate surface area is 92.6 Å². The number of hydrogen-bond acceptors (Lipinski definition) is 1. The van der Waals surface area contributed by atoms with E-state index in [1.54, 1.807) is 0 Å². The molecule has 0 aromatic carbocycles. The Balaban J connectivity index is 1.66. The molecular weight excluding hydrogens is 194 g/mol. The van der Waals surface area contributed by atoms with Crippen LogP contribution >= 0.6 is 11.6 Å². The summed E-state index contributed by atoms with van der Waals surface area (Å²) in [6, 6.07) is 0. The Kier molecular flexibility index (Phi) is 3.73. The Morgan fingerprint density at radius 3 is 2.36 bits per heavy atom. The second-order valence-electron chi connectivity index (χ2n) is 5.27. The van der Waals surface area contributed by atoms with Crippen LogP contribution in [0.3, 0.4) is 0 Å². The molecule has 0 atom stereocenters. The minimum Gasteiger partial charge on any atom is -0.316 e. The average Bonchev–Trinajstić information content (AvgIpc) is 2.59. The van der Waals surface area contributed by atoms with Crippen molar-refractivity contribution in [2.75, 3.05) is 19.0 Å². The van der Waals surface area contributed by atoms with Crippen molar-refractivity contribution in [1.82, 2.24) is 5.32 Å². The fourth-order valence-electron chi connectivity index (χ4n) is 2.72. The van der Waals surface area contributed by atoms with Crippen LogP contribution in [0.5, 0.6) is 0 Å². The predicted octanol–water partition coefficient (Wildman–Crippen LogP) is 3.18. The van der Waals surface area contributed by atoms with E-state index in [4.69, 9.17) is 11.6 Å². The van der Waals surface area contributed by atoms with Gasteiger partial charge in [0, 0.05) is 12.4 Å². The van der Waals surface area contributed by atoms with Gasteiger partial charge in [0.1, 0.15) is 0 Å². The summed E-state index contributed by atoms with van der Waals surface area (Å²) in [5.74, 6) is 1.83. The minimum absolute atomic E-state index is 0.450. The molecular formula is C12H22ClN. The average molecular weight is 216 g/mol. The van der Waals surface area contributed by atoms with E-state index >= 15 is 0 Å². The molecule has 0 bridgehead atoms. The molecule has 1 nitrogen and oxygen atoms in total. The maximum absolute atomic E-state index is 6.09. The Morgan fingerprint density at radius 1 is 1.14 bits per heavy atom. The Hall–Kier alpha value is 0.250. The van der Waals surface area contributed by atoms with Gasteiger partial charge >= 0.3 is 0 Å². The normalized spacial score (nSPS) is 26.4. The summed E-state index contributed by atoms with van der Waals surface area (Å²) in [5.41, 5.74) is 0.450. The summed E-state index contributed by atoms with van der Waals surface area (Å²) in [6.07, 6.45) is 9.80. The second kappa shape index (κ2) is 4.85. The van der Waals surface area contributed by atoms with E-state index in [-0.39, 0.29) is 0 Å². The maximum Gasteiger partial charge on any atom is 0.0292 e. The highest BCUT2D eigenvalue weighted by Crippen LogP contribution is 2.38. The van der Waals surface area contributed by atoms with Gasteiger partial charge in [-0.25, -0.2) is 0 Å². The third-order valence-corrected chi connectivity index (χ3v) is 4.67. The molecule has 1 N–H and O–H groups in total. The lowest BCUT2D eigenvalue weighted by molar-refractivity contribution is 0.264. The number of nitrogens with one attached hydrogen (secondary N) is 1. The van der Waals surface area contributed by atoms with Crippen LogP contribution < -0.4 is 5.32 Å². The van der Waals surface area contributed by atoms with Gasteiger partial charge in [-0.2, -0.15) is 0 Å². The van der Waals surface area contributed by atoms with E-state index in [9.17, 15) is 0 Å². The molecule has 82 valence electrons. The summed E-state index contributed by atoms with van der Waals surface area (Å²) in [6.45, 7) is 2.39. The van der Waals surface area contributed by atoms with Gasteiger partial charge in [-0.1, -0.05) is 19.3 Å². The van der Waals surface area contributed by atoms with Crippen LogP contribution in [-0.2, 0) is 0 Å². The van der Waals surface area contributed by atoms with Crippen LogP contribution in [0.2, 0.25) is 0 Å². The molecule has 0 spiro atoms. The fourth-order valence-corrected chi connectivity index (χ4v) is 3.08. The zero-order valence-corrected chi connectivity index (χ0v) is 9.78. The molecule has 2 saturated carbocycles. The van der Waals surface area contributed by atoms with Crippen molar-refractivity contribution in [1.29, 1.82) is 0 Å². The van der Waals surface area contributed by atoms with Crippen LogP contribution in [-0.4, -0.2) is 19.0 Å². The first-order valence-corrected chi connectivity index (χ1v) is 6.65. The standard InChI is InChI=1S/C12H22ClN/c13-9-12(6-1-2-7-12)10-14-8-11-4-3-5-11/h11,14H,1-10H2. The maximum atomic E-state index is 6.09. The van der Waals surface area contributed by atoms with Gasteiger partial charge in [-0.15, -0.1) is 11.6 Å². The van der Waals surface area contributed by atoms with E-state index < -0.39 is 0 Å². The molecule has 0 aromatic rings. The van der Waals surface area contributed by atoms with E-state index in [2.05, 4.69) is 5.32 Å². The van der Waals surface area contributed by atoms with E-state index in [0.29, 0.717) is 5.41 Å². The van der Waals surface area contributed by atoms with Gasteiger partial charge in [-0.05, 0) is 43.6 Å². The molecule has 2 aliphatic rings. The van der Waals surface area contributed by atoms with Crippen molar-refractivity contribution in [3.8, 4) is 0 Å². The van der Waals surface area contributed by atoms with Gasteiger partial charge in [0.15, 0.2) is 0 Å². The quantitative estimate of drug-likeness (QED) is 0.695. The van der Waals surface area contributed by atoms with Crippen molar-refractivity contribution in [3.63, 3.8) is 0 Å². The predicted molar refractivity (Wildman–Crippen MR) is 61.8 cm³/mol. The molecule has 0 saturated heterocycles. The molecule has 0 radical (unpaired) electrons. The number of hydrogen-bond donors (Lipinski definition) is 1. The van der Waals surface area contributed by atoms with Crippen LogP contribution in [0.1, 0.15) is 44.9 Å². The Bertz CT molecular complexity index is 171. The van der Waals surface area contributed by atoms with Crippen molar-refractivity contribution in [2.45, 2.75) is 44.9 Å². The largest absolute Gasteiger partial charge is 0.316 e. The first kappa shape index (κ1) is 10.8. The number of halogens is 1. The molecule has 0 unspecified atom stereocenters. The van der Waals surface area contributed by atoms with Crippen molar-refractivity contribution < 1.29 is 0 Å². The fraction of sp³-hybridized carbons (Fsp3) is 1.00. The molecule has 2 heteroatoms. The summed E-state index contributed by atoms with van der Waals surface area (Å²) in [5, 5.41) is 3.64. The monoisotopic (exact) mass is 215 g/mol. The van der Waals surface area contributed by atoms with Gasteiger partial charge in [0.05, 0.1) is 0 Å². The van der Waals surface area contributed by atoms with Gasteiger partial charge in [0.25, 0.3) is 0 Å². The first-order valence-electron chi connectivity index (χ1n) is 6.11. The number of rotatable bonds is 5. The van der Waals surface area contributed by atoms with Crippen LogP contribution in [0, 0.1) is 11.3 Å². The lowest BCUT2D eigenvalue weighted by Gasteiger charge is -2.30. The highest BCUT2D eigenvalue weighted by atomic mass is 35.5. The van der Waals surface area contributed by atoms with Crippen molar-refractivity contribution in [2.24, 2.45) is 11.3 Å². The van der Waals surface area contributed by atoms with Crippen molar-refractivity contribution >= 4 is 11.6 Å². The number of alkyl halides is 1. The highest BCUT2D eigenvalue weighted by molar-refractivity contribution is 6.18. The first-order chi connectivity index (χ1) is 6.85. The zero-order chi connectivity index (χ0) is 9.86. The van der Waals surface area contributed by atoms with Crippen LogP contribution in [0.15, 0.2) is 0 Å². The van der Waals surface area contributed by atoms with Crippen LogP contribution in [0.25, 0.3) is 0 Å². The smallest absolute Gasteiger partial charge is 0.0292 e. The lowest BCUT2D eigenvalue weighted by Crippen LogP contribution is -2.37. The highest BCUT2D eigenvalue weighted by Gasteiger charge is 2.32. The van der Waals surface area contributed by atoms with Crippen LogP contribution in [0.4, 0.5) is 0 Å².